The summed E-state index contributed by atoms with van der Waals surface area (Å²) in [5, 5.41) is 3.00. The lowest BCUT2D eigenvalue weighted by molar-refractivity contribution is -0.137. The third kappa shape index (κ3) is 5.63. The predicted molar refractivity (Wildman–Crippen MR) is 92.6 cm³/mol. The molecule has 2 rings (SSSR count). The van der Waals surface area contributed by atoms with E-state index in [1.165, 1.54) is 12.1 Å². The molecule has 7 heteroatoms. The molecule has 0 atom stereocenters. The largest absolute Gasteiger partial charge is 0.416 e. The number of amides is 1. The van der Waals surface area contributed by atoms with Gasteiger partial charge >= 0.3 is 6.18 Å². The van der Waals surface area contributed by atoms with Gasteiger partial charge in [-0.15, -0.1) is 0 Å². The number of anilines is 1. The third-order valence-corrected chi connectivity index (χ3v) is 4.64. The van der Waals surface area contributed by atoms with Crippen LogP contribution in [0.3, 0.4) is 0 Å². The Morgan fingerprint density at radius 2 is 1.80 bits per heavy atom. The molecule has 1 amide bonds. The van der Waals surface area contributed by atoms with Crippen molar-refractivity contribution >= 4 is 11.6 Å². The average molecular weight is 357 g/mol. The van der Waals surface area contributed by atoms with Gasteiger partial charge in [0, 0.05) is 37.4 Å². The van der Waals surface area contributed by atoms with Crippen LogP contribution in [0.1, 0.15) is 32.8 Å². The van der Waals surface area contributed by atoms with E-state index < -0.39 is 11.7 Å². The van der Waals surface area contributed by atoms with Gasteiger partial charge in [0.1, 0.15) is 0 Å². The summed E-state index contributed by atoms with van der Waals surface area (Å²) in [4.78, 5) is 16.1. The smallest absolute Gasteiger partial charge is 0.369 e. The molecule has 0 saturated carbocycles. The Kier molecular flexibility index (Phi) is 5.98. The molecule has 0 aromatic heterocycles. The number of hydrogen-bond donors (Lipinski definition) is 1. The molecule has 1 aliphatic heterocycles. The summed E-state index contributed by atoms with van der Waals surface area (Å²) in [7, 11) is 0. The first-order valence-electron chi connectivity index (χ1n) is 8.56. The fourth-order valence-corrected chi connectivity index (χ4v) is 2.75. The van der Waals surface area contributed by atoms with Gasteiger partial charge < -0.3 is 10.2 Å². The summed E-state index contributed by atoms with van der Waals surface area (Å²) >= 11 is 0. The maximum Gasteiger partial charge on any atom is 0.416 e. The fourth-order valence-electron chi connectivity index (χ4n) is 2.75. The molecule has 0 spiro atoms. The Morgan fingerprint density at radius 3 is 2.36 bits per heavy atom. The van der Waals surface area contributed by atoms with Gasteiger partial charge in [0.25, 0.3) is 0 Å². The van der Waals surface area contributed by atoms with Crippen molar-refractivity contribution in [1.29, 1.82) is 0 Å². The molecule has 1 heterocycles. The Bertz CT molecular complexity index is 593. The van der Waals surface area contributed by atoms with Crippen molar-refractivity contribution in [3.05, 3.63) is 29.8 Å². The van der Waals surface area contributed by atoms with Crippen LogP contribution in [-0.4, -0.2) is 49.1 Å². The maximum absolute atomic E-state index is 12.8. The Labute approximate surface area is 147 Å². The number of hydrogen-bond acceptors (Lipinski definition) is 3. The average Bonchev–Trinajstić information content (AvgIpc) is 2.54. The van der Waals surface area contributed by atoms with Gasteiger partial charge in [-0.25, -0.2) is 0 Å². The first-order valence-corrected chi connectivity index (χ1v) is 8.56. The van der Waals surface area contributed by atoms with Crippen LogP contribution in [0.4, 0.5) is 18.9 Å². The Morgan fingerprint density at radius 1 is 1.16 bits per heavy atom. The number of piperazine rings is 1. The van der Waals surface area contributed by atoms with Crippen LogP contribution in [0.15, 0.2) is 24.3 Å². The zero-order valence-electron chi connectivity index (χ0n) is 15.0. The predicted octanol–water partition coefficient (Wildman–Crippen LogP) is 3.13. The van der Waals surface area contributed by atoms with Crippen molar-refractivity contribution in [1.82, 2.24) is 10.2 Å². The highest BCUT2D eigenvalue weighted by atomic mass is 19.4. The molecule has 1 saturated heterocycles. The highest BCUT2D eigenvalue weighted by molar-refractivity contribution is 5.78. The van der Waals surface area contributed by atoms with Gasteiger partial charge in [0.15, 0.2) is 0 Å². The van der Waals surface area contributed by atoms with E-state index in [-0.39, 0.29) is 11.4 Å². The lowest BCUT2D eigenvalue weighted by Gasteiger charge is -2.36. The van der Waals surface area contributed by atoms with Gasteiger partial charge in [0.05, 0.1) is 12.1 Å². The number of rotatable bonds is 5. The number of benzene rings is 1. The minimum absolute atomic E-state index is 0.0145. The molecular weight excluding hydrogens is 331 g/mol. The SMILES string of the molecule is CCC(C)(C)NC(=O)CN1CCN(c2cccc(C(F)(F)F)c2)CC1. The highest BCUT2D eigenvalue weighted by Gasteiger charge is 2.31. The Balaban J connectivity index is 1.89. The third-order valence-electron chi connectivity index (χ3n) is 4.64. The number of halogens is 3. The molecule has 0 aliphatic carbocycles. The second kappa shape index (κ2) is 7.64. The van der Waals surface area contributed by atoms with E-state index in [0.717, 1.165) is 12.5 Å². The fraction of sp³-hybridized carbons (Fsp3) is 0.611. The van der Waals surface area contributed by atoms with Gasteiger partial charge in [-0.2, -0.15) is 13.2 Å². The first-order chi connectivity index (χ1) is 11.6. The van der Waals surface area contributed by atoms with E-state index in [0.29, 0.717) is 38.4 Å². The van der Waals surface area contributed by atoms with E-state index >= 15 is 0 Å². The summed E-state index contributed by atoms with van der Waals surface area (Å²) in [6, 6.07) is 5.40. The minimum Gasteiger partial charge on any atom is -0.369 e. The monoisotopic (exact) mass is 357 g/mol. The second-order valence-electron chi connectivity index (χ2n) is 7.10. The molecule has 0 unspecified atom stereocenters. The summed E-state index contributed by atoms with van der Waals surface area (Å²) in [5.74, 6) is -0.0145. The number of carbonyl (C=O) groups excluding carboxylic acids is 1. The second-order valence-corrected chi connectivity index (χ2v) is 7.10. The molecule has 0 radical (unpaired) electrons. The zero-order valence-corrected chi connectivity index (χ0v) is 15.0. The number of nitrogens with zero attached hydrogens (tertiary/aromatic N) is 2. The molecular formula is C18H26F3N3O. The van der Waals surface area contributed by atoms with Crippen LogP contribution < -0.4 is 10.2 Å². The maximum atomic E-state index is 12.8. The molecule has 1 fully saturated rings. The normalized spacial score (nSPS) is 16.8. The summed E-state index contributed by atoms with van der Waals surface area (Å²) < 4.78 is 38.5. The quantitative estimate of drug-likeness (QED) is 0.879. The van der Waals surface area contributed by atoms with Gasteiger partial charge in [-0.3, -0.25) is 9.69 Å². The summed E-state index contributed by atoms with van der Waals surface area (Å²) in [5.41, 5.74) is -0.281. The molecule has 0 bridgehead atoms. The number of alkyl halides is 3. The number of carbonyl (C=O) groups is 1. The van der Waals surface area contributed by atoms with Crippen LogP contribution in [-0.2, 0) is 11.0 Å². The molecule has 1 aromatic carbocycles. The minimum atomic E-state index is -4.33. The van der Waals surface area contributed by atoms with Crippen molar-refractivity contribution in [2.45, 2.75) is 38.9 Å². The standard InChI is InChI=1S/C18H26F3N3O/c1-4-17(2,3)22-16(25)13-23-8-10-24(11-9-23)15-7-5-6-14(12-15)18(19,20)21/h5-7,12H,4,8-11,13H2,1-3H3,(H,22,25). The van der Waals surface area contributed by atoms with E-state index in [4.69, 9.17) is 0 Å². The van der Waals surface area contributed by atoms with Crippen LogP contribution in [0.2, 0.25) is 0 Å². The van der Waals surface area contributed by atoms with Gasteiger partial charge in [-0.05, 0) is 38.5 Å². The van der Waals surface area contributed by atoms with Crippen molar-refractivity contribution in [2.75, 3.05) is 37.6 Å². The molecule has 1 N–H and O–H groups in total. The highest BCUT2D eigenvalue weighted by Crippen LogP contribution is 2.31. The molecule has 4 nitrogen and oxygen atoms in total. The molecule has 140 valence electrons. The van der Waals surface area contributed by atoms with Crippen molar-refractivity contribution < 1.29 is 18.0 Å². The van der Waals surface area contributed by atoms with Crippen LogP contribution in [0.5, 0.6) is 0 Å². The van der Waals surface area contributed by atoms with Crippen LogP contribution in [0, 0.1) is 0 Å². The van der Waals surface area contributed by atoms with E-state index in [1.54, 1.807) is 6.07 Å². The molecule has 1 aromatic rings. The number of nitrogens with one attached hydrogen (secondary N) is 1. The molecule has 25 heavy (non-hydrogen) atoms. The van der Waals surface area contributed by atoms with E-state index in [2.05, 4.69) is 5.32 Å². The van der Waals surface area contributed by atoms with Gasteiger partial charge in [0.2, 0.25) is 5.91 Å². The van der Waals surface area contributed by atoms with Crippen LogP contribution in [0.25, 0.3) is 0 Å². The Hall–Kier alpha value is -1.76. The van der Waals surface area contributed by atoms with Crippen molar-refractivity contribution in [3.63, 3.8) is 0 Å². The van der Waals surface area contributed by atoms with E-state index in [9.17, 15) is 18.0 Å². The van der Waals surface area contributed by atoms with Crippen molar-refractivity contribution in [2.24, 2.45) is 0 Å². The first kappa shape index (κ1) is 19.6. The topological polar surface area (TPSA) is 35.6 Å². The van der Waals surface area contributed by atoms with Crippen LogP contribution >= 0.6 is 0 Å². The lowest BCUT2D eigenvalue weighted by Crippen LogP contribution is -2.52. The summed E-state index contributed by atoms with van der Waals surface area (Å²) in [6.07, 6.45) is -3.48. The van der Waals surface area contributed by atoms with E-state index in [1.807, 2.05) is 30.6 Å². The summed E-state index contributed by atoms with van der Waals surface area (Å²) in [6.45, 7) is 8.81. The van der Waals surface area contributed by atoms with Gasteiger partial charge in [-0.1, -0.05) is 13.0 Å². The molecule has 1 aliphatic rings. The lowest BCUT2D eigenvalue weighted by atomic mass is 10.0. The van der Waals surface area contributed by atoms with Crippen molar-refractivity contribution in [3.8, 4) is 0 Å². The zero-order chi connectivity index (χ0) is 18.7.